The quantitative estimate of drug-likeness (QED) is 0.742. The number of hydrogen-bond acceptors (Lipinski definition) is 2. The molecule has 7 heteroatoms. The Hall–Kier alpha value is -2.83. The van der Waals surface area contributed by atoms with Crippen molar-refractivity contribution in [3.8, 4) is 0 Å². The van der Waals surface area contributed by atoms with Gasteiger partial charge in [0.05, 0.1) is 5.56 Å². The number of amides is 2. The smallest absolute Gasteiger partial charge is 0.324 e. The molecule has 1 heterocycles. The predicted octanol–water partition coefficient (Wildman–Crippen LogP) is 4.47. The van der Waals surface area contributed by atoms with Gasteiger partial charge >= 0.3 is 12.2 Å². The maximum Gasteiger partial charge on any atom is 0.416 e. The van der Waals surface area contributed by atoms with Gasteiger partial charge in [0, 0.05) is 37.3 Å². The Morgan fingerprint density at radius 1 is 1.07 bits per heavy atom. The Morgan fingerprint density at radius 3 is 2.44 bits per heavy atom. The Bertz CT molecular complexity index is 837. The summed E-state index contributed by atoms with van der Waals surface area (Å²) in [7, 11) is 1.65. The van der Waals surface area contributed by atoms with Crippen LogP contribution in [0.5, 0.6) is 0 Å². The number of Topliss-reactive ketones (excluding diaryl/α,β-unsaturated/α-hetero) is 1. The van der Waals surface area contributed by atoms with E-state index in [4.69, 9.17) is 0 Å². The summed E-state index contributed by atoms with van der Waals surface area (Å²) >= 11 is 0. The number of urea groups is 1. The summed E-state index contributed by atoms with van der Waals surface area (Å²) in [6.45, 7) is 0.594. The second-order valence-corrected chi connectivity index (χ2v) is 6.55. The Morgan fingerprint density at radius 2 is 1.78 bits per heavy atom. The van der Waals surface area contributed by atoms with Crippen LogP contribution in [0.4, 0.5) is 23.7 Å². The van der Waals surface area contributed by atoms with Crippen LogP contribution in [-0.2, 0) is 6.18 Å². The maximum absolute atomic E-state index is 12.9. The lowest BCUT2D eigenvalue weighted by atomic mass is 9.95. The largest absolute Gasteiger partial charge is 0.416 e. The standard InChI is InChI=1S/C20H19F3N2O2/c1-24(17-8-3-2-4-9-17)19(27)25-11-10-15(13-25)18(26)14-6-5-7-16(12-14)20(21,22)23/h2-9,12,15H,10-11,13H2,1H3. The van der Waals surface area contributed by atoms with Crippen molar-refractivity contribution in [1.29, 1.82) is 0 Å². The molecule has 0 saturated carbocycles. The Labute approximate surface area is 155 Å². The molecule has 4 nitrogen and oxygen atoms in total. The van der Waals surface area contributed by atoms with Gasteiger partial charge in [-0.25, -0.2) is 4.79 Å². The molecule has 0 N–H and O–H groups in total. The molecule has 1 unspecified atom stereocenters. The Kier molecular flexibility index (Phi) is 5.21. The third kappa shape index (κ3) is 4.13. The van der Waals surface area contributed by atoms with Crippen LogP contribution in [0.2, 0.25) is 0 Å². The van der Waals surface area contributed by atoms with E-state index in [1.807, 2.05) is 18.2 Å². The number of hydrogen-bond donors (Lipinski definition) is 0. The first-order valence-electron chi connectivity index (χ1n) is 8.56. The van der Waals surface area contributed by atoms with Crippen molar-refractivity contribution in [3.63, 3.8) is 0 Å². The van der Waals surface area contributed by atoms with Gasteiger partial charge in [-0.2, -0.15) is 13.2 Å². The summed E-state index contributed by atoms with van der Waals surface area (Å²) in [5, 5.41) is 0. The van der Waals surface area contributed by atoms with Gasteiger partial charge < -0.3 is 4.90 Å². The number of halogens is 3. The lowest BCUT2D eigenvalue weighted by molar-refractivity contribution is -0.137. The molecule has 27 heavy (non-hydrogen) atoms. The highest BCUT2D eigenvalue weighted by Crippen LogP contribution is 2.31. The second-order valence-electron chi connectivity index (χ2n) is 6.55. The monoisotopic (exact) mass is 376 g/mol. The van der Waals surface area contributed by atoms with Gasteiger partial charge in [0.25, 0.3) is 0 Å². The number of likely N-dealkylation sites (tertiary alicyclic amines) is 1. The number of rotatable bonds is 3. The number of benzene rings is 2. The minimum atomic E-state index is -4.49. The minimum Gasteiger partial charge on any atom is -0.324 e. The molecule has 142 valence electrons. The van der Waals surface area contributed by atoms with Crippen molar-refractivity contribution < 1.29 is 22.8 Å². The average Bonchev–Trinajstić information content (AvgIpc) is 3.16. The minimum absolute atomic E-state index is 0.0283. The van der Waals surface area contributed by atoms with E-state index in [1.54, 1.807) is 24.1 Å². The molecule has 2 amide bonds. The van der Waals surface area contributed by atoms with E-state index in [2.05, 4.69) is 0 Å². The number of alkyl halides is 3. The van der Waals surface area contributed by atoms with Crippen molar-refractivity contribution in [3.05, 3.63) is 65.7 Å². The van der Waals surface area contributed by atoms with Gasteiger partial charge in [0.15, 0.2) is 5.78 Å². The van der Waals surface area contributed by atoms with E-state index in [0.29, 0.717) is 13.0 Å². The van der Waals surface area contributed by atoms with Gasteiger partial charge in [0.1, 0.15) is 0 Å². The molecule has 0 radical (unpaired) electrons. The summed E-state index contributed by atoms with van der Waals surface area (Å²) in [5.74, 6) is -0.861. The summed E-state index contributed by atoms with van der Waals surface area (Å²) in [4.78, 5) is 28.3. The third-order valence-electron chi connectivity index (χ3n) is 4.73. The zero-order valence-electron chi connectivity index (χ0n) is 14.7. The molecule has 0 aliphatic carbocycles. The van der Waals surface area contributed by atoms with Crippen LogP contribution in [-0.4, -0.2) is 36.9 Å². The molecule has 0 bridgehead atoms. The SMILES string of the molecule is CN(C(=O)N1CCC(C(=O)c2cccc(C(F)(F)F)c2)C1)c1ccccc1. The van der Waals surface area contributed by atoms with Gasteiger partial charge in [0.2, 0.25) is 0 Å². The number of nitrogens with zero attached hydrogens (tertiary/aromatic N) is 2. The first kappa shape index (κ1) is 18.9. The fourth-order valence-electron chi connectivity index (χ4n) is 3.21. The number of carbonyl (C=O) groups is 2. The van der Waals surface area contributed by atoms with Crippen molar-refractivity contribution in [2.45, 2.75) is 12.6 Å². The van der Waals surface area contributed by atoms with Crippen molar-refractivity contribution in [1.82, 2.24) is 4.90 Å². The molecule has 1 aliphatic heterocycles. The van der Waals surface area contributed by atoms with Crippen molar-refractivity contribution >= 4 is 17.5 Å². The Balaban J connectivity index is 1.69. The van der Waals surface area contributed by atoms with Gasteiger partial charge in [-0.1, -0.05) is 30.3 Å². The van der Waals surface area contributed by atoms with Crippen molar-refractivity contribution in [2.24, 2.45) is 5.92 Å². The fourth-order valence-corrected chi connectivity index (χ4v) is 3.21. The molecule has 0 aromatic heterocycles. The first-order valence-corrected chi connectivity index (χ1v) is 8.56. The number of ketones is 1. The molecule has 0 spiro atoms. The second kappa shape index (κ2) is 7.42. The van der Waals surface area contributed by atoms with E-state index < -0.39 is 17.7 Å². The van der Waals surface area contributed by atoms with E-state index in [1.165, 1.54) is 17.0 Å². The van der Waals surface area contributed by atoms with Crippen LogP contribution < -0.4 is 4.90 Å². The van der Waals surface area contributed by atoms with Gasteiger partial charge in [-0.15, -0.1) is 0 Å². The predicted molar refractivity (Wildman–Crippen MR) is 95.7 cm³/mol. The van der Waals surface area contributed by atoms with Crippen LogP contribution in [0.25, 0.3) is 0 Å². The summed E-state index contributed by atoms with van der Waals surface area (Å²) in [6.07, 6.45) is -4.06. The molecule has 1 aliphatic rings. The van der Waals surface area contributed by atoms with Crippen LogP contribution in [0, 0.1) is 5.92 Å². The molecule has 1 saturated heterocycles. The highest BCUT2D eigenvalue weighted by molar-refractivity contribution is 5.99. The summed E-state index contributed by atoms with van der Waals surface area (Å²) in [6, 6.07) is 13.3. The van der Waals surface area contributed by atoms with Crippen LogP contribution in [0.1, 0.15) is 22.3 Å². The molecule has 1 atom stereocenters. The van der Waals surface area contributed by atoms with Crippen LogP contribution in [0.3, 0.4) is 0 Å². The topological polar surface area (TPSA) is 40.6 Å². The van der Waals surface area contributed by atoms with Gasteiger partial charge in [-0.05, 0) is 30.7 Å². The number of para-hydroxylation sites is 1. The van der Waals surface area contributed by atoms with E-state index in [-0.39, 0.29) is 23.9 Å². The third-order valence-corrected chi connectivity index (χ3v) is 4.73. The summed E-state index contributed by atoms with van der Waals surface area (Å²) in [5.41, 5.74) is -0.0845. The van der Waals surface area contributed by atoms with Crippen LogP contribution >= 0.6 is 0 Å². The molecule has 2 aromatic rings. The molecule has 3 rings (SSSR count). The molecule has 2 aromatic carbocycles. The lowest BCUT2D eigenvalue weighted by Crippen LogP contribution is -2.40. The lowest BCUT2D eigenvalue weighted by Gasteiger charge is -2.24. The zero-order valence-corrected chi connectivity index (χ0v) is 14.7. The molecular weight excluding hydrogens is 357 g/mol. The maximum atomic E-state index is 12.9. The highest BCUT2D eigenvalue weighted by Gasteiger charge is 2.35. The van der Waals surface area contributed by atoms with Crippen LogP contribution in [0.15, 0.2) is 54.6 Å². The van der Waals surface area contributed by atoms with Gasteiger partial charge in [-0.3, -0.25) is 9.69 Å². The highest BCUT2D eigenvalue weighted by atomic mass is 19.4. The van der Waals surface area contributed by atoms with E-state index in [0.717, 1.165) is 17.8 Å². The van der Waals surface area contributed by atoms with E-state index >= 15 is 0 Å². The molecular formula is C20H19F3N2O2. The summed E-state index contributed by atoms with van der Waals surface area (Å²) < 4.78 is 38.6. The first-order chi connectivity index (χ1) is 12.8. The van der Waals surface area contributed by atoms with Crippen molar-refractivity contribution in [2.75, 3.05) is 25.0 Å². The zero-order chi connectivity index (χ0) is 19.6. The number of anilines is 1. The number of carbonyl (C=O) groups excluding carboxylic acids is 2. The average molecular weight is 376 g/mol. The van der Waals surface area contributed by atoms with E-state index in [9.17, 15) is 22.8 Å². The fraction of sp³-hybridized carbons (Fsp3) is 0.300. The normalized spacial score (nSPS) is 17.0. The molecule has 1 fully saturated rings.